The Morgan fingerprint density at radius 1 is 1.64 bits per heavy atom. The molecule has 0 aliphatic carbocycles. The predicted octanol–water partition coefficient (Wildman–Crippen LogP) is 1.04. The van der Waals surface area contributed by atoms with Crippen LogP contribution in [0.25, 0.3) is 10.2 Å². The maximum absolute atomic E-state index is 11.5. The monoisotopic (exact) mass is 227 g/mol. The quantitative estimate of drug-likeness (QED) is 0.607. The van der Waals surface area contributed by atoms with Crippen molar-refractivity contribution in [3.63, 3.8) is 0 Å². The Bertz CT molecular complexity index is 491. The lowest BCUT2D eigenvalue weighted by Gasteiger charge is -1.97. The highest BCUT2D eigenvalue weighted by Gasteiger charge is 2.04. The fourth-order valence-electron chi connectivity index (χ4n) is 1.07. The number of nitrogens with two attached hydrogens (primary N) is 1. The maximum Gasteiger partial charge on any atom is 0.260 e. The molecule has 4 nitrogen and oxygen atoms in total. The Labute approximate surface area is 88.5 Å². The number of hydrogen-bond acceptors (Lipinski definition) is 5. The highest BCUT2D eigenvalue weighted by molar-refractivity contribution is 7.99. The van der Waals surface area contributed by atoms with E-state index in [4.69, 9.17) is 5.73 Å². The fourth-order valence-corrected chi connectivity index (χ4v) is 2.52. The lowest BCUT2D eigenvalue weighted by molar-refractivity contribution is 0.977. The second-order valence-corrected chi connectivity index (χ2v) is 4.63. The van der Waals surface area contributed by atoms with E-state index in [0.717, 1.165) is 10.6 Å². The summed E-state index contributed by atoms with van der Waals surface area (Å²) in [6.45, 7) is 0.580. The van der Waals surface area contributed by atoms with E-state index in [1.165, 1.54) is 23.1 Å². The molecule has 0 spiro atoms. The summed E-state index contributed by atoms with van der Waals surface area (Å²) in [5.41, 5.74) is 5.30. The minimum absolute atomic E-state index is 0.0734. The number of nitrogens with one attached hydrogen (secondary N) is 1. The lowest BCUT2D eigenvalue weighted by atomic mass is 10.4. The Kier molecular flexibility index (Phi) is 2.85. The average molecular weight is 227 g/mol. The Morgan fingerprint density at radius 3 is 3.29 bits per heavy atom. The highest BCUT2D eigenvalue weighted by Crippen LogP contribution is 2.18. The van der Waals surface area contributed by atoms with Gasteiger partial charge in [-0.2, -0.15) is 0 Å². The van der Waals surface area contributed by atoms with Crippen molar-refractivity contribution in [2.75, 3.05) is 12.3 Å². The van der Waals surface area contributed by atoms with E-state index in [1.54, 1.807) is 6.07 Å². The van der Waals surface area contributed by atoms with Gasteiger partial charge in [-0.3, -0.25) is 4.79 Å². The normalized spacial score (nSPS) is 10.9. The lowest BCUT2D eigenvalue weighted by Crippen LogP contribution is -2.09. The largest absolute Gasteiger partial charge is 0.330 e. The molecule has 0 atom stereocenters. The van der Waals surface area contributed by atoms with Crippen LogP contribution in [0.1, 0.15) is 0 Å². The van der Waals surface area contributed by atoms with Crippen LogP contribution < -0.4 is 11.3 Å². The molecule has 6 heteroatoms. The molecule has 0 unspecified atom stereocenters. The highest BCUT2D eigenvalue weighted by atomic mass is 32.2. The molecule has 3 N–H and O–H groups in total. The predicted molar refractivity (Wildman–Crippen MR) is 60.0 cm³/mol. The van der Waals surface area contributed by atoms with E-state index >= 15 is 0 Å². The molecule has 0 fully saturated rings. The summed E-state index contributed by atoms with van der Waals surface area (Å²) in [5.74, 6) is 0.764. The molecule has 74 valence electrons. The molecule has 0 bridgehead atoms. The summed E-state index contributed by atoms with van der Waals surface area (Å²) in [6.07, 6.45) is 0. The molecule has 2 aromatic heterocycles. The molecule has 0 aliphatic rings. The first-order valence-electron chi connectivity index (χ1n) is 4.11. The third kappa shape index (κ3) is 1.82. The zero-order valence-corrected chi connectivity index (χ0v) is 8.95. The number of aromatic nitrogens is 2. The van der Waals surface area contributed by atoms with E-state index in [0.29, 0.717) is 17.1 Å². The second kappa shape index (κ2) is 4.12. The van der Waals surface area contributed by atoms with Crippen LogP contribution in [0.4, 0.5) is 0 Å². The van der Waals surface area contributed by atoms with Crippen LogP contribution in [-0.2, 0) is 0 Å². The SMILES string of the molecule is NCCSc1nc2sccc2c(=O)[nH]1. The standard InChI is InChI=1S/C8H9N3OS2/c9-2-4-14-8-10-6(12)5-1-3-13-7(5)11-8/h1,3H,2,4,9H2,(H,10,11,12). The molecule has 14 heavy (non-hydrogen) atoms. The zero-order valence-electron chi connectivity index (χ0n) is 7.32. The van der Waals surface area contributed by atoms with Crippen molar-refractivity contribution in [3.8, 4) is 0 Å². The van der Waals surface area contributed by atoms with Gasteiger partial charge >= 0.3 is 0 Å². The Hall–Kier alpha value is -0.850. The van der Waals surface area contributed by atoms with Gasteiger partial charge in [0.15, 0.2) is 5.16 Å². The number of rotatable bonds is 3. The van der Waals surface area contributed by atoms with Gasteiger partial charge in [0.2, 0.25) is 0 Å². The fraction of sp³-hybridized carbons (Fsp3) is 0.250. The van der Waals surface area contributed by atoms with Gasteiger partial charge in [-0.25, -0.2) is 4.98 Å². The molecule has 2 aromatic rings. The average Bonchev–Trinajstić information content (AvgIpc) is 2.63. The summed E-state index contributed by atoms with van der Waals surface area (Å²) >= 11 is 2.94. The number of aromatic amines is 1. The number of hydrogen-bond donors (Lipinski definition) is 2. The van der Waals surface area contributed by atoms with Gasteiger partial charge in [-0.05, 0) is 11.4 Å². The van der Waals surface area contributed by atoms with E-state index in [-0.39, 0.29) is 5.56 Å². The molecular formula is C8H9N3OS2. The van der Waals surface area contributed by atoms with Crippen LogP contribution in [-0.4, -0.2) is 22.3 Å². The number of thioether (sulfide) groups is 1. The first kappa shape index (κ1) is 9.70. The summed E-state index contributed by atoms with van der Waals surface area (Å²) in [5, 5.41) is 3.17. The van der Waals surface area contributed by atoms with Crippen LogP contribution in [0.15, 0.2) is 21.4 Å². The third-order valence-electron chi connectivity index (χ3n) is 1.67. The van der Waals surface area contributed by atoms with Crippen molar-refractivity contribution in [1.82, 2.24) is 9.97 Å². The number of H-pyrrole nitrogens is 1. The summed E-state index contributed by atoms with van der Waals surface area (Å²) < 4.78 is 0. The van der Waals surface area contributed by atoms with E-state index in [2.05, 4.69) is 9.97 Å². The van der Waals surface area contributed by atoms with Crippen LogP contribution in [0.2, 0.25) is 0 Å². The first-order chi connectivity index (χ1) is 6.81. The summed E-state index contributed by atoms with van der Waals surface area (Å²) in [4.78, 5) is 19.3. The first-order valence-corrected chi connectivity index (χ1v) is 5.98. The van der Waals surface area contributed by atoms with Crippen LogP contribution >= 0.6 is 23.1 Å². The molecule has 0 saturated heterocycles. The maximum atomic E-state index is 11.5. The van der Waals surface area contributed by atoms with Crippen molar-refractivity contribution in [2.45, 2.75) is 5.16 Å². The topological polar surface area (TPSA) is 71.8 Å². The molecule has 0 aromatic carbocycles. The van der Waals surface area contributed by atoms with Crippen LogP contribution in [0.5, 0.6) is 0 Å². The summed E-state index contributed by atoms with van der Waals surface area (Å²) in [7, 11) is 0. The molecule has 0 amide bonds. The van der Waals surface area contributed by atoms with Gasteiger partial charge < -0.3 is 10.7 Å². The number of fused-ring (bicyclic) bond motifs is 1. The smallest absolute Gasteiger partial charge is 0.260 e. The van der Waals surface area contributed by atoms with E-state index in [1.807, 2.05) is 5.38 Å². The van der Waals surface area contributed by atoms with Gasteiger partial charge in [-0.15, -0.1) is 11.3 Å². The minimum atomic E-state index is -0.0734. The van der Waals surface area contributed by atoms with Gasteiger partial charge in [0, 0.05) is 12.3 Å². The van der Waals surface area contributed by atoms with Gasteiger partial charge in [0.05, 0.1) is 5.39 Å². The molecule has 0 radical (unpaired) electrons. The zero-order chi connectivity index (χ0) is 9.97. The van der Waals surface area contributed by atoms with E-state index < -0.39 is 0 Å². The molecule has 2 rings (SSSR count). The summed E-state index contributed by atoms with van der Waals surface area (Å²) in [6, 6.07) is 1.78. The number of nitrogens with zero attached hydrogens (tertiary/aromatic N) is 1. The van der Waals surface area contributed by atoms with Crippen LogP contribution in [0.3, 0.4) is 0 Å². The third-order valence-corrected chi connectivity index (χ3v) is 3.38. The second-order valence-electron chi connectivity index (χ2n) is 2.65. The van der Waals surface area contributed by atoms with Gasteiger partial charge in [0.25, 0.3) is 5.56 Å². The Morgan fingerprint density at radius 2 is 2.50 bits per heavy atom. The molecule has 2 heterocycles. The van der Waals surface area contributed by atoms with Crippen molar-refractivity contribution in [1.29, 1.82) is 0 Å². The van der Waals surface area contributed by atoms with Crippen molar-refractivity contribution >= 4 is 33.3 Å². The van der Waals surface area contributed by atoms with Crippen LogP contribution in [0, 0.1) is 0 Å². The molecule has 0 aliphatic heterocycles. The van der Waals surface area contributed by atoms with Crippen molar-refractivity contribution in [2.24, 2.45) is 5.73 Å². The van der Waals surface area contributed by atoms with Crippen molar-refractivity contribution in [3.05, 3.63) is 21.8 Å². The number of thiophene rings is 1. The Balaban J connectivity index is 2.43. The molecule has 0 saturated carbocycles. The van der Waals surface area contributed by atoms with E-state index in [9.17, 15) is 4.79 Å². The van der Waals surface area contributed by atoms with Crippen molar-refractivity contribution < 1.29 is 0 Å². The van der Waals surface area contributed by atoms with Gasteiger partial charge in [0.1, 0.15) is 4.83 Å². The molecular weight excluding hydrogens is 218 g/mol. The minimum Gasteiger partial charge on any atom is -0.330 e. The van der Waals surface area contributed by atoms with Gasteiger partial charge in [-0.1, -0.05) is 11.8 Å².